The molecule has 0 spiro atoms. The zero-order chi connectivity index (χ0) is 22.9. The minimum absolute atomic E-state index is 0.173. The number of aromatic nitrogens is 1. The average molecular weight is 490 g/mol. The molecule has 1 aliphatic heterocycles. The predicted octanol–water partition coefficient (Wildman–Crippen LogP) is 4.28. The molecule has 1 atom stereocenters. The highest BCUT2D eigenvalue weighted by molar-refractivity contribution is 7.98. The summed E-state index contributed by atoms with van der Waals surface area (Å²) in [5.74, 6) is -0.672. The van der Waals surface area contributed by atoms with E-state index in [4.69, 9.17) is 0 Å². The van der Waals surface area contributed by atoms with Crippen molar-refractivity contribution in [2.75, 3.05) is 19.3 Å². The molecule has 2 aromatic carbocycles. The maximum absolute atomic E-state index is 13.1. The Bertz CT molecular complexity index is 1310. The fourth-order valence-electron chi connectivity index (χ4n) is 3.98. The monoisotopic (exact) mass is 489 g/mol. The van der Waals surface area contributed by atoms with E-state index in [1.807, 2.05) is 24.7 Å². The summed E-state index contributed by atoms with van der Waals surface area (Å²) in [4.78, 5) is 19.7. The van der Waals surface area contributed by atoms with Crippen LogP contribution in [0, 0.1) is 12.8 Å². The summed E-state index contributed by atoms with van der Waals surface area (Å²) in [5, 5.41) is 0. The highest BCUT2D eigenvalue weighted by Crippen LogP contribution is 2.26. The van der Waals surface area contributed by atoms with Crippen LogP contribution in [0.5, 0.6) is 0 Å². The van der Waals surface area contributed by atoms with Crippen LogP contribution < -0.4 is 4.80 Å². The van der Waals surface area contributed by atoms with E-state index < -0.39 is 15.9 Å². The lowest BCUT2D eigenvalue weighted by Gasteiger charge is -2.30. The number of benzene rings is 2. The fourth-order valence-corrected chi connectivity index (χ4v) is 7.16. The number of hydrogen-bond acceptors (Lipinski definition) is 5. The molecule has 0 aliphatic carbocycles. The van der Waals surface area contributed by atoms with Gasteiger partial charge in [0.25, 0.3) is 5.91 Å². The van der Waals surface area contributed by atoms with Crippen LogP contribution in [-0.4, -0.2) is 42.5 Å². The Morgan fingerprint density at radius 3 is 2.66 bits per heavy atom. The Hall–Kier alpha value is -1.94. The first-order valence-corrected chi connectivity index (χ1v) is 14.1. The Morgan fingerprint density at radius 2 is 1.97 bits per heavy atom. The lowest BCUT2D eigenvalue weighted by Crippen LogP contribution is -2.42. The molecular formula is C23H27N3O3S3. The summed E-state index contributed by atoms with van der Waals surface area (Å²) < 4.78 is 30.7. The number of rotatable bonds is 5. The molecule has 3 aromatic rings. The normalized spacial score (nSPS) is 18.3. The lowest BCUT2D eigenvalue weighted by molar-refractivity contribution is -0.122. The van der Waals surface area contributed by atoms with E-state index in [1.165, 1.54) is 20.5 Å². The molecule has 1 saturated heterocycles. The number of aryl methyl sites for hydroxylation is 2. The summed E-state index contributed by atoms with van der Waals surface area (Å²) >= 11 is 3.19. The van der Waals surface area contributed by atoms with Crippen LogP contribution in [0.3, 0.4) is 0 Å². The van der Waals surface area contributed by atoms with Gasteiger partial charge in [0.1, 0.15) is 0 Å². The van der Waals surface area contributed by atoms with Gasteiger partial charge in [-0.1, -0.05) is 29.0 Å². The smallest absolute Gasteiger partial charge is 0.252 e. The maximum atomic E-state index is 13.1. The SMILES string of the molecule is CCn1c(=NC(=O)C2CCCN(S(=O)(=O)c3ccc(C)cc3)C2)sc2cc(SC)ccc21. The molecule has 0 N–H and O–H groups in total. The van der Waals surface area contributed by atoms with Gasteiger partial charge in [-0.25, -0.2) is 8.42 Å². The fraction of sp³-hybridized carbons (Fsp3) is 0.391. The molecule has 2 heterocycles. The molecule has 1 fully saturated rings. The lowest BCUT2D eigenvalue weighted by atomic mass is 9.99. The van der Waals surface area contributed by atoms with E-state index in [0.717, 1.165) is 15.8 Å². The third-order valence-electron chi connectivity index (χ3n) is 5.80. The maximum Gasteiger partial charge on any atom is 0.252 e. The van der Waals surface area contributed by atoms with Crippen molar-refractivity contribution in [3.05, 3.63) is 52.8 Å². The van der Waals surface area contributed by atoms with Crippen molar-refractivity contribution in [2.24, 2.45) is 10.9 Å². The number of hydrogen-bond donors (Lipinski definition) is 0. The minimum atomic E-state index is -3.62. The molecule has 170 valence electrons. The van der Waals surface area contributed by atoms with E-state index in [9.17, 15) is 13.2 Å². The number of sulfonamides is 1. The standard InChI is InChI=1S/C23H27N3O3S3/c1-4-26-20-12-9-18(30-3)14-21(20)31-23(26)24-22(27)17-6-5-13-25(15-17)32(28,29)19-10-7-16(2)8-11-19/h7-12,14,17H,4-6,13,15H2,1-3H3. The molecule has 1 aliphatic rings. The summed E-state index contributed by atoms with van der Waals surface area (Å²) in [7, 11) is -3.62. The predicted molar refractivity (Wildman–Crippen MR) is 131 cm³/mol. The molecule has 1 unspecified atom stereocenters. The number of thiazole rings is 1. The van der Waals surface area contributed by atoms with Crippen molar-refractivity contribution in [2.45, 2.75) is 43.0 Å². The summed E-state index contributed by atoms with van der Waals surface area (Å²) in [5.41, 5.74) is 2.07. The van der Waals surface area contributed by atoms with E-state index in [-0.39, 0.29) is 17.3 Å². The van der Waals surface area contributed by atoms with Gasteiger partial charge < -0.3 is 4.57 Å². The van der Waals surface area contributed by atoms with Crippen LogP contribution in [0.2, 0.25) is 0 Å². The number of thioether (sulfide) groups is 1. The van der Waals surface area contributed by atoms with Crippen molar-refractivity contribution in [3.63, 3.8) is 0 Å². The molecule has 0 bridgehead atoms. The molecule has 32 heavy (non-hydrogen) atoms. The first-order valence-electron chi connectivity index (χ1n) is 10.7. The number of carbonyl (C=O) groups excluding carboxylic acids is 1. The molecule has 1 amide bonds. The molecule has 4 rings (SSSR count). The average Bonchev–Trinajstić information content (AvgIpc) is 3.15. The van der Waals surface area contributed by atoms with Gasteiger partial charge in [0.05, 0.1) is 21.0 Å². The summed E-state index contributed by atoms with van der Waals surface area (Å²) in [6.45, 7) is 5.27. The Morgan fingerprint density at radius 1 is 1.22 bits per heavy atom. The third-order valence-corrected chi connectivity index (χ3v) is 9.45. The second kappa shape index (κ2) is 9.51. The van der Waals surface area contributed by atoms with E-state index in [0.29, 0.717) is 30.7 Å². The van der Waals surface area contributed by atoms with Crippen molar-refractivity contribution in [3.8, 4) is 0 Å². The zero-order valence-corrected chi connectivity index (χ0v) is 20.9. The third kappa shape index (κ3) is 4.57. The molecular weight excluding hydrogens is 462 g/mol. The van der Waals surface area contributed by atoms with Crippen molar-refractivity contribution in [1.82, 2.24) is 8.87 Å². The minimum Gasteiger partial charge on any atom is -0.317 e. The second-order valence-electron chi connectivity index (χ2n) is 7.93. The first kappa shape index (κ1) is 23.2. The van der Waals surface area contributed by atoms with Gasteiger partial charge in [-0.15, -0.1) is 11.8 Å². The van der Waals surface area contributed by atoms with Gasteiger partial charge in [0.2, 0.25) is 10.0 Å². The highest BCUT2D eigenvalue weighted by atomic mass is 32.2. The van der Waals surface area contributed by atoms with Crippen molar-refractivity contribution in [1.29, 1.82) is 0 Å². The Kier molecular flexibility index (Phi) is 6.90. The Labute approximate surface area is 197 Å². The highest BCUT2D eigenvalue weighted by Gasteiger charge is 2.33. The Balaban J connectivity index is 1.61. The topological polar surface area (TPSA) is 71.7 Å². The first-order chi connectivity index (χ1) is 15.3. The molecule has 6 nitrogen and oxygen atoms in total. The summed E-state index contributed by atoms with van der Waals surface area (Å²) in [6.07, 6.45) is 3.33. The van der Waals surface area contributed by atoms with Crippen LogP contribution in [-0.2, 0) is 21.4 Å². The van der Waals surface area contributed by atoms with E-state index in [1.54, 1.807) is 36.0 Å². The van der Waals surface area contributed by atoms with Gasteiger partial charge >= 0.3 is 0 Å². The van der Waals surface area contributed by atoms with Crippen LogP contribution in [0.15, 0.2) is 57.2 Å². The van der Waals surface area contributed by atoms with E-state index in [2.05, 4.69) is 23.2 Å². The second-order valence-corrected chi connectivity index (χ2v) is 11.8. The van der Waals surface area contributed by atoms with Crippen LogP contribution >= 0.6 is 23.1 Å². The van der Waals surface area contributed by atoms with Crippen LogP contribution in [0.1, 0.15) is 25.3 Å². The van der Waals surface area contributed by atoms with Gasteiger partial charge in [-0.2, -0.15) is 9.30 Å². The molecule has 9 heteroatoms. The van der Waals surface area contributed by atoms with Crippen molar-refractivity contribution >= 4 is 49.2 Å². The number of amides is 1. The van der Waals surface area contributed by atoms with Crippen LogP contribution in [0.25, 0.3) is 10.2 Å². The summed E-state index contributed by atoms with van der Waals surface area (Å²) in [6, 6.07) is 13.1. The van der Waals surface area contributed by atoms with Gasteiger partial charge in [0, 0.05) is 24.5 Å². The molecule has 1 aromatic heterocycles. The number of piperidine rings is 1. The van der Waals surface area contributed by atoms with Crippen LogP contribution in [0.4, 0.5) is 0 Å². The van der Waals surface area contributed by atoms with Crippen molar-refractivity contribution < 1.29 is 13.2 Å². The largest absolute Gasteiger partial charge is 0.317 e. The quantitative estimate of drug-likeness (QED) is 0.502. The number of fused-ring (bicyclic) bond motifs is 1. The zero-order valence-electron chi connectivity index (χ0n) is 18.4. The van der Waals surface area contributed by atoms with E-state index >= 15 is 0 Å². The molecule has 0 radical (unpaired) electrons. The van der Waals surface area contributed by atoms with Gasteiger partial charge in [-0.05, 0) is 63.3 Å². The number of nitrogens with zero attached hydrogens (tertiary/aromatic N) is 3. The van der Waals surface area contributed by atoms with Gasteiger partial charge in [0.15, 0.2) is 4.80 Å². The molecule has 0 saturated carbocycles. The number of carbonyl (C=O) groups is 1. The van der Waals surface area contributed by atoms with Gasteiger partial charge in [-0.3, -0.25) is 4.79 Å².